The minimum Gasteiger partial charge on any atom is -0.376 e. The Labute approximate surface area is 162 Å². The molecule has 1 aliphatic heterocycles. The van der Waals surface area contributed by atoms with Gasteiger partial charge in [-0.25, -0.2) is 4.39 Å². The number of ether oxygens (including phenoxy) is 1. The largest absolute Gasteiger partial charge is 0.376 e. The molecule has 4 rings (SSSR count). The molecule has 2 aliphatic rings. The summed E-state index contributed by atoms with van der Waals surface area (Å²) in [6.07, 6.45) is 4.23. The third-order valence-electron chi connectivity index (χ3n) is 5.19. The minimum absolute atomic E-state index is 0.268. The number of carbonyl (C=O) groups is 2. The van der Waals surface area contributed by atoms with Crippen molar-refractivity contribution in [3.8, 4) is 0 Å². The second kappa shape index (κ2) is 7.67. The number of halogens is 1. The molecule has 7 heteroatoms. The van der Waals surface area contributed by atoms with Crippen molar-refractivity contribution in [1.82, 2.24) is 10.3 Å². The summed E-state index contributed by atoms with van der Waals surface area (Å²) in [5, 5.41) is 5.41. The van der Waals surface area contributed by atoms with E-state index in [1.54, 1.807) is 31.3 Å². The highest BCUT2D eigenvalue weighted by Crippen LogP contribution is 2.41. The maximum absolute atomic E-state index is 13.6. The van der Waals surface area contributed by atoms with Crippen LogP contribution in [-0.4, -0.2) is 23.4 Å². The lowest BCUT2D eigenvalue weighted by Crippen LogP contribution is -2.38. The number of fused-ring (bicyclic) bond motifs is 1. The lowest BCUT2D eigenvalue weighted by atomic mass is 10.00. The molecule has 2 amide bonds. The Morgan fingerprint density at radius 2 is 2.07 bits per heavy atom. The number of carbonyl (C=O) groups excluding carboxylic acids is 2. The molecule has 1 aromatic carbocycles. The number of aromatic nitrogens is 1. The zero-order chi connectivity index (χ0) is 19.7. The Morgan fingerprint density at radius 1 is 1.25 bits per heavy atom. The zero-order valence-corrected chi connectivity index (χ0v) is 15.6. The fraction of sp³-hybridized carbons (Fsp3) is 0.381. The van der Waals surface area contributed by atoms with Crippen LogP contribution in [0.25, 0.3) is 0 Å². The second-order valence-corrected chi connectivity index (χ2v) is 7.38. The maximum atomic E-state index is 13.6. The smallest absolute Gasteiger partial charge is 0.313 e. The molecule has 146 valence electrons. The maximum Gasteiger partial charge on any atom is 0.313 e. The number of nitrogens with zero attached hydrogens (tertiary/aromatic N) is 1. The fourth-order valence-electron chi connectivity index (χ4n) is 3.47. The summed E-state index contributed by atoms with van der Waals surface area (Å²) < 4.78 is 19.0. The standard InChI is InChI=1S/C21H22FN3O3/c1-12-8-14(4-5-17(12)22)19(13-2-3-13)25-21(27)20(26)24-16-9-15-11-28-7-6-18(15)23-10-16/h4-5,8-10,13,19H,2-3,6-7,11H2,1H3,(H,24,26)(H,25,27). The van der Waals surface area contributed by atoms with Crippen molar-refractivity contribution in [2.75, 3.05) is 11.9 Å². The third kappa shape index (κ3) is 4.04. The van der Waals surface area contributed by atoms with Gasteiger partial charge in [0.2, 0.25) is 0 Å². The molecule has 28 heavy (non-hydrogen) atoms. The zero-order valence-electron chi connectivity index (χ0n) is 15.6. The van der Waals surface area contributed by atoms with E-state index in [1.165, 1.54) is 6.07 Å². The number of pyridine rings is 1. The summed E-state index contributed by atoms with van der Waals surface area (Å²) in [4.78, 5) is 29.2. The van der Waals surface area contributed by atoms with Crippen LogP contribution in [0.4, 0.5) is 10.1 Å². The van der Waals surface area contributed by atoms with Crippen LogP contribution in [0.1, 0.15) is 41.3 Å². The Bertz CT molecular complexity index is 927. The van der Waals surface area contributed by atoms with Gasteiger partial charge in [0.1, 0.15) is 5.82 Å². The lowest BCUT2D eigenvalue weighted by molar-refractivity contribution is -0.136. The average molecular weight is 383 g/mol. The van der Waals surface area contributed by atoms with Gasteiger partial charge in [-0.3, -0.25) is 14.6 Å². The SMILES string of the molecule is Cc1cc(C(NC(=O)C(=O)Nc2cnc3c(c2)COCC3)C2CC2)ccc1F. The van der Waals surface area contributed by atoms with E-state index in [-0.39, 0.29) is 17.8 Å². The average Bonchev–Trinajstić information content (AvgIpc) is 3.53. The molecular formula is C21H22FN3O3. The molecule has 0 radical (unpaired) electrons. The monoisotopic (exact) mass is 383 g/mol. The molecular weight excluding hydrogens is 361 g/mol. The number of aryl methyl sites for hydroxylation is 1. The molecule has 0 spiro atoms. The molecule has 1 saturated carbocycles. The van der Waals surface area contributed by atoms with Crippen LogP contribution < -0.4 is 10.6 Å². The van der Waals surface area contributed by atoms with Crippen LogP contribution in [-0.2, 0) is 27.4 Å². The van der Waals surface area contributed by atoms with Crippen LogP contribution in [0.3, 0.4) is 0 Å². The predicted octanol–water partition coefficient (Wildman–Crippen LogP) is 2.81. The number of amides is 2. The summed E-state index contributed by atoms with van der Waals surface area (Å²) in [5.41, 5.74) is 3.67. The summed E-state index contributed by atoms with van der Waals surface area (Å²) in [6, 6.07) is 6.27. The molecule has 1 atom stereocenters. The van der Waals surface area contributed by atoms with Gasteiger partial charge < -0.3 is 15.4 Å². The summed E-state index contributed by atoms with van der Waals surface area (Å²) in [7, 11) is 0. The number of hydrogen-bond acceptors (Lipinski definition) is 4. The minimum atomic E-state index is -0.747. The molecule has 1 aliphatic carbocycles. The fourth-order valence-corrected chi connectivity index (χ4v) is 3.47. The van der Waals surface area contributed by atoms with Crippen LogP contribution in [0.2, 0.25) is 0 Å². The van der Waals surface area contributed by atoms with Crippen molar-refractivity contribution in [2.24, 2.45) is 5.92 Å². The van der Waals surface area contributed by atoms with Gasteiger partial charge in [0.05, 0.1) is 31.1 Å². The first-order chi connectivity index (χ1) is 13.5. The Balaban J connectivity index is 1.44. The summed E-state index contributed by atoms with van der Waals surface area (Å²) in [5.74, 6) is -1.48. The number of rotatable bonds is 4. The summed E-state index contributed by atoms with van der Waals surface area (Å²) in [6.45, 7) is 2.77. The number of benzene rings is 1. The molecule has 0 saturated heterocycles. The highest BCUT2D eigenvalue weighted by atomic mass is 19.1. The van der Waals surface area contributed by atoms with Gasteiger partial charge in [0, 0.05) is 17.7 Å². The first kappa shape index (κ1) is 18.6. The Morgan fingerprint density at radius 3 is 2.82 bits per heavy atom. The van der Waals surface area contributed by atoms with Crippen LogP contribution in [0.15, 0.2) is 30.5 Å². The van der Waals surface area contributed by atoms with Gasteiger partial charge >= 0.3 is 11.8 Å². The van der Waals surface area contributed by atoms with E-state index in [0.29, 0.717) is 24.5 Å². The van der Waals surface area contributed by atoms with Crippen molar-refractivity contribution < 1.29 is 18.7 Å². The van der Waals surface area contributed by atoms with E-state index in [4.69, 9.17) is 4.74 Å². The predicted molar refractivity (Wildman–Crippen MR) is 101 cm³/mol. The van der Waals surface area contributed by atoms with E-state index in [9.17, 15) is 14.0 Å². The first-order valence-corrected chi connectivity index (χ1v) is 9.44. The number of anilines is 1. The molecule has 1 aromatic heterocycles. The molecule has 6 nitrogen and oxygen atoms in total. The normalized spacial score (nSPS) is 16.8. The molecule has 1 fully saturated rings. The van der Waals surface area contributed by atoms with E-state index < -0.39 is 11.8 Å². The van der Waals surface area contributed by atoms with E-state index in [2.05, 4.69) is 15.6 Å². The van der Waals surface area contributed by atoms with Crippen molar-refractivity contribution in [3.05, 3.63) is 58.7 Å². The van der Waals surface area contributed by atoms with Gasteiger partial charge in [-0.15, -0.1) is 0 Å². The lowest BCUT2D eigenvalue weighted by Gasteiger charge is -2.19. The molecule has 2 N–H and O–H groups in total. The van der Waals surface area contributed by atoms with E-state index in [1.807, 2.05) is 0 Å². The van der Waals surface area contributed by atoms with Crippen LogP contribution in [0.5, 0.6) is 0 Å². The first-order valence-electron chi connectivity index (χ1n) is 9.44. The topological polar surface area (TPSA) is 80.3 Å². The molecule has 2 aromatic rings. The van der Waals surface area contributed by atoms with Crippen molar-refractivity contribution in [2.45, 2.75) is 38.8 Å². The molecule has 1 unspecified atom stereocenters. The molecule has 2 heterocycles. The van der Waals surface area contributed by atoms with Crippen LogP contribution in [0, 0.1) is 18.7 Å². The third-order valence-corrected chi connectivity index (χ3v) is 5.19. The van der Waals surface area contributed by atoms with Gasteiger partial charge in [0.25, 0.3) is 0 Å². The van der Waals surface area contributed by atoms with Gasteiger partial charge in [-0.1, -0.05) is 12.1 Å². The van der Waals surface area contributed by atoms with Crippen molar-refractivity contribution in [1.29, 1.82) is 0 Å². The van der Waals surface area contributed by atoms with Crippen LogP contribution >= 0.6 is 0 Å². The van der Waals surface area contributed by atoms with Crippen molar-refractivity contribution >= 4 is 17.5 Å². The van der Waals surface area contributed by atoms with E-state index in [0.717, 1.165) is 36.1 Å². The number of nitrogens with one attached hydrogen (secondary N) is 2. The highest BCUT2D eigenvalue weighted by Gasteiger charge is 2.34. The Kier molecular flexibility index (Phi) is 5.09. The van der Waals surface area contributed by atoms with Crippen molar-refractivity contribution in [3.63, 3.8) is 0 Å². The Hall–Kier alpha value is -2.80. The van der Waals surface area contributed by atoms with Gasteiger partial charge in [-0.2, -0.15) is 0 Å². The second-order valence-electron chi connectivity index (χ2n) is 7.38. The highest BCUT2D eigenvalue weighted by molar-refractivity contribution is 6.39. The summed E-state index contributed by atoms with van der Waals surface area (Å²) >= 11 is 0. The van der Waals surface area contributed by atoms with Gasteiger partial charge in [0.15, 0.2) is 0 Å². The molecule has 0 bridgehead atoms. The van der Waals surface area contributed by atoms with Gasteiger partial charge in [-0.05, 0) is 48.9 Å². The quantitative estimate of drug-likeness (QED) is 0.796. The van der Waals surface area contributed by atoms with E-state index >= 15 is 0 Å². The number of hydrogen-bond donors (Lipinski definition) is 2.